The Kier molecular flexibility index (Phi) is 3.13. The Morgan fingerprint density at radius 3 is 2.10 bits per heavy atom. The minimum atomic E-state index is -0.150. The van der Waals surface area contributed by atoms with Crippen molar-refractivity contribution in [1.29, 1.82) is 0 Å². The van der Waals surface area contributed by atoms with E-state index in [-0.39, 0.29) is 12.1 Å². The summed E-state index contributed by atoms with van der Waals surface area (Å²) in [4.78, 5) is 12.4. The number of benzene rings is 1. The molecule has 2 nitrogen and oxygen atoms in total. The smallest absolute Gasteiger partial charge is 0.338 e. The van der Waals surface area contributed by atoms with Crippen molar-refractivity contribution >= 4 is 12.0 Å². The van der Waals surface area contributed by atoms with Crippen LogP contribution in [0.15, 0.2) is 30.8 Å². The van der Waals surface area contributed by atoms with Crippen LogP contribution in [0.25, 0.3) is 6.08 Å². The largest absolute Gasteiger partial charge is 0.458 e. The predicted octanol–water partition coefficient (Wildman–Crippen LogP) is 4.31. The van der Waals surface area contributed by atoms with Gasteiger partial charge in [-0.2, -0.15) is 0 Å². The summed E-state index contributed by atoms with van der Waals surface area (Å²) in [5.74, 6) is 2.92. The number of hydrogen-bond donors (Lipinski definition) is 0. The van der Waals surface area contributed by atoms with Crippen LogP contribution in [0.1, 0.15) is 48.0 Å². The molecule has 2 heteroatoms. The number of rotatable bonds is 3. The minimum Gasteiger partial charge on any atom is -0.458 e. The molecule has 1 aromatic rings. The lowest BCUT2D eigenvalue weighted by atomic mass is 9.55. The summed E-state index contributed by atoms with van der Waals surface area (Å²) >= 11 is 0. The Bertz CT molecular complexity index is 529. The van der Waals surface area contributed by atoms with E-state index >= 15 is 0 Å². The fourth-order valence-electron chi connectivity index (χ4n) is 5.01. The molecular formula is C19H22O2. The van der Waals surface area contributed by atoms with E-state index in [1.165, 1.54) is 32.1 Å². The molecule has 0 atom stereocenters. The van der Waals surface area contributed by atoms with Gasteiger partial charge in [-0.25, -0.2) is 4.79 Å². The van der Waals surface area contributed by atoms with Crippen LogP contribution in [0.3, 0.4) is 0 Å². The molecule has 5 rings (SSSR count). The number of ether oxygens (including phenoxy) is 1. The molecule has 110 valence electrons. The van der Waals surface area contributed by atoms with Gasteiger partial charge in [0.2, 0.25) is 0 Å². The first-order valence-electron chi connectivity index (χ1n) is 8.16. The Balaban J connectivity index is 1.47. The fraction of sp³-hybridized carbons (Fsp3) is 0.526. The van der Waals surface area contributed by atoms with E-state index in [2.05, 4.69) is 6.58 Å². The molecule has 0 aliphatic heterocycles. The zero-order chi connectivity index (χ0) is 14.4. The lowest BCUT2D eigenvalue weighted by Gasteiger charge is -2.53. The molecule has 0 N–H and O–H groups in total. The molecule has 0 spiro atoms. The summed E-state index contributed by atoms with van der Waals surface area (Å²) in [5.41, 5.74) is 1.69. The van der Waals surface area contributed by atoms with Gasteiger partial charge in [0, 0.05) is 0 Å². The van der Waals surface area contributed by atoms with Gasteiger partial charge in [-0.3, -0.25) is 0 Å². The first-order valence-corrected chi connectivity index (χ1v) is 8.16. The van der Waals surface area contributed by atoms with Gasteiger partial charge in [0.25, 0.3) is 0 Å². The van der Waals surface area contributed by atoms with Crippen LogP contribution in [0.4, 0.5) is 0 Å². The molecule has 4 saturated carbocycles. The van der Waals surface area contributed by atoms with Crippen LogP contribution in [0, 0.1) is 23.7 Å². The van der Waals surface area contributed by atoms with Crippen LogP contribution in [0.2, 0.25) is 0 Å². The molecule has 0 aromatic heterocycles. The average molecular weight is 282 g/mol. The zero-order valence-electron chi connectivity index (χ0n) is 12.3. The summed E-state index contributed by atoms with van der Waals surface area (Å²) < 4.78 is 5.92. The molecular weight excluding hydrogens is 260 g/mol. The molecule has 4 fully saturated rings. The normalized spacial score (nSPS) is 36.5. The summed E-state index contributed by atoms with van der Waals surface area (Å²) in [5, 5.41) is 0. The van der Waals surface area contributed by atoms with Crippen molar-refractivity contribution in [3.8, 4) is 0 Å². The standard InChI is InChI=1S/C19H22O2/c1-2-12-3-5-15(6-4-12)19(20)21-18-16-8-13-7-14(10-16)11-17(18)9-13/h2-6,13-14,16-18H,1,7-11H2. The summed E-state index contributed by atoms with van der Waals surface area (Å²) in [6.45, 7) is 3.73. The van der Waals surface area contributed by atoms with Crippen LogP contribution >= 0.6 is 0 Å². The summed E-state index contributed by atoms with van der Waals surface area (Å²) in [6.07, 6.45) is 8.50. The summed E-state index contributed by atoms with van der Waals surface area (Å²) in [6, 6.07) is 7.52. The van der Waals surface area contributed by atoms with E-state index in [1.807, 2.05) is 24.3 Å². The van der Waals surface area contributed by atoms with Crippen molar-refractivity contribution in [3.63, 3.8) is 0 Å². The van der Waals surface area contributed by atoms with Crippen LogP contribution < -0.4 is 0 Å². The Morgan fingerprint density at radius 1 is 1.00 bits per heavy atom. The Labute approximate surface area is 126 Å². The van der Waals surface area contributed by atoms with E-state index < -0.39 is 0 Å². The van der Waals surface area contributed by atoms with Gasteiger partial charge >= 0.3 is 5.97 Å². The maximum absolute atomic E-state index is 12.4. The molecule has 0 heterocycles. The average Bonchev–Trinajstić information content (AvgIpc) is 2.50. The van der Waals surface area contributed by atoms with Gasteiger partial charge in [-0.15, -0.1) is 0 Å². The highest BCUT2D eigenvalue weighted by atomic mass is 16.5. The zero-order valence-corrected chi connectivity index (χ0v) is 12.3. The van der Waals surface area contributed by atoms with E-state index in [1.54, 1.807) is 6.08 Å². The van der Waals surface area contributed by atoms with Gasteiger partial charge in [-0.1, -0.05) is 24.8 Å². The van der Waals surface area contributed by atoms with Crippen LogP contribution in [-0.2, 0) is 4.74 Å². The second-order valence-corrected chi connectivity index (χ2v) is 7.13. The SMILES string of the molecule is C=Cc1ccc(C(=O)OC2C3CC4CC(C3)CC2C4)cc1. The molecule has 0 radical (unpaired) electrons. The third-order valence-corrected chi connectivity index (χ3v) is 5.77. The molecule has 4 aliphatic carbocycles. The number of carbonyl (C=O) groups is 1. The van der Waals surface area contributed by atoms with E-state index in [0.717, 1.165) is 17.4 Å². The monoisotopic (exact) mass is 282 g/mol. The second kappa shape index (κ2) is 5.01. The molecule has 21 heavy (non-hydrogen) atoms. The Morgan fingerprint density at radius 2 is 1.57 bits per heavy atom. The van der Waals surface area contributed by atoms with E-state index in [0.29, 0.717) is 17.4 Å². The maximum Gasteiger partial charge on any atom is 0.338 e. The topological polar surface area (TPSA) is 26.3 Å². The van der Waals surface area contributed by atoms with Crippen molar-refractivity contribution < 1.29 is 9.53 Å². The van der Waals surface area contributed by atoms with Gasteiger partial charge in [0.1, 0.15) is 6.10 Å². The maximum atomic E-state index is 12.4. The predicted molar refractivity (Wildman–Crippen MR) is 82.8 cm³/mol. The summed E-state index contributed by atoms with van der Waals surface area (Å²) in [7, 11) is 0. The third-order valence-electron chi connectivity index (χ3n) is 5.77. The van der Waals surface area contributed by atoms with Crippen molar-refractivity contribution in [2.75, 3.05) is 0 Å². The van der Waals surface area contributed by atoms with Crippen molar-refractivity contribution in [2.24, 2.45) is 23.7 Å². The van der Waals surface area contributed by atoms with Crippen molar-refractivity contribution in [2.45, 2.75) is 38.2 Å². The number of esters is 1. The van der Waals surface area contributed by atoms with Gasteiger partial charge in [0.15, 0.2) is 0 Å². The Hall–Kier alpha value is -1.57. The molecule has 0 unspecified atom stereocenters. The highest BCUT2D eigenvalue weighted by Gasteiger charge is 2.49. The first-order chi connectivity index (χ1) is 10.2. The van der Waals surface area contributed by atoms with Crippen LogP contribution in [-0.4, -0.2) is 12.1 Å². The van der Waals surface area contributed by atoms with Gasteiger partial charge in [0.05, 0.1) is 5.56 Å². The molecule has 0 amide bonds. The molecule has 4 aliphatic rings. The molecule has 1 aromatic carbocycles. The number of hydrogen-bond acceptors (Lipinski definition) is 2. The molecule has 4 bridgehead atoms. The fourth-order valence-corrected chi connectivity index (χ4v) is 5.01. The van der Waals surface area contributed by atoms with Crippen LogP contribution in [0.5, 0.6) is 0 Å². The highest BCUT2D eigenvalue weighted by Crippen LogP contribution is 2.54. The van der Waals surface area contributed by atoms with Gasteiger partial charge < -0.3 is 4.74 Å². The van der Waals surface area contributed by atoms with Crippen molar-refractivity contribution in [3.05, 3.63) is 42.0 Å². The number of carbonyl (C=O) groups excluding carboxylic acids is 1. The van der Waals surface area contributed by atoms with E-state index in [9.17, 15) is 4.79 Å². The quantitative estimate of drug-likeness (QED) is 0.772. The highest BCUT2D eigenvalue weighted by molar-refractivity contribution is 5.89. The lowest BCUT2D eigenvalue weighted by Crippen LogP contribution is -2.50. The molecule has 0 saturated heterocycles. The second-order valence-electron chi connectivity index (χ2n) is 7.13. The van der Waals surface area contributed by atoms with Gasteiger partial charge in [-0.05, 0) is 73.5 Å². The van der Waals surface area contributed by atoms with Crippen molar-refractivity contribution in [1.82, 2.24) is 0 Å². The minimum absolute atomic E-state index is 0.150. The first kappa shape index (κ1) is 13.1. The third kappa shape index (κ3) is 2.31. The van der Waals surface area contributed by atoms with E-state index in [4.69, 9.17) is 4.74 Å². The lowest BCUT2D eigenvalue weighted by molar-refractivity contribution is -0.101.